The molecule has 0 saturated heterocycles. The van der Waals surface area contributed by atoms with Crippen LogP contribution in [-0.2, 0) is 14.8 Å². The third kappa shape index (κ3) is 5.29. The van der Waals surface area contributed by atoms with E-state index >= 15 is 0 Å². The van der Waals surface area contributed by atoms with Crippen LogP contribution >= 0.6 is 11.6 Å². The Hall–Kier alpha value is -3.21. The molecular formula is C23H21ClN2O4S. The number of rotatable bonds is 4. The highest BCUT2D eigenvalue weighted by molar-refractivity contribution is 7.93. The number of aryl methyl sites for hydroxylation is 1. The van der Waals surface area contributed by atoms with Crippen molar-refractivity contribution in [3.8, 4) is 12.0 Å². The highest BCUT2D eigenvalue weighted by atomic mass is 35.5. The molecule has 1 unspecified atom stereocenters. The lowest BCUT2D eigenvalue weighted by atomic mass is 10.2. The van der Waals surface area contributed by atoms with Gasteiger partial charge in [0.05, 0.1) is 17.2 Å². The zero-order valence-electron chi connectivity index (χ0n) is 17.0. The van der Waals surface area contributed by atoms with Gasteiger partial charge < -0.3 is 4.74 Å². The molecule has 2 aromatic rings. The standard InChI is InChI=1S/C23H21ClN2O4S/c1-3-30-23(27)25-15-13-19(24)17-21(25)14-16-26(20-7-5-4-6-8-20)31(28,29)22-11-9-18(2)10-12-22/h4-13,15,17,21H,3H2,1-2H3. The number of anilines is 1. The molecule has 1 amide bonds. The first kappa shape index (κ1) is 22.5. The highest BCUT2D eigenvalue weighted by Crippen LogP contribution is 2.24. The number of halogens is 1. The third-order valence-corrected chi connectivity index (χ3v) is 6.26. The third-order valence-electron chi connectivity index (χ3n) is 4.35. The molecule has 0 spiro atoms. The van der Waals surface area contributed by atoms with Crippen molar-refractivity contribution < 1.29 is 17.9 Å². The molecule has 3 rings (SSSR count). The van der Waals surface area contributed by atoms with Gasteiger partial charge >= 0.3 is 6.09 Å². The van der Waals surface area contributed by atoms with E-state index in [2.05, 4.69) is 12.0 Å². The van der Waals surface area contributed by atoms with E-state index in [4.69, 9.17) is 16.3 Å². The molecule has 1 aliphatic rings. The van der Waals surface area contributed by atoms with Crippen molar-refractivity contribution in [3.05, 3.63) is 83.5 Å². The zero-order valence-corrected chi connectivity index (χ0v) is 18.6. The molecule has 8 heteroatoms. The Balaban J connectivity index is 2.04. The Bertz CT molecular complexity index is 1160. The molecule has 0 aromatic heterocycles. The summed E-state index contributed by atoms with van der Waals surface area (Å²) < 4.78 is 32.8. The van der Waals surface area contributed by atoms with Gasteiger partial charge in [0.2, 0.25) is 0 Å². The maximum absolute atomic E-state index is 13.4. The fraction of sp³-hybridized carbons (Fsp3) is 0.174. The number of carbonyl (C=O) groups is 1. The molecule has 160 valence electrons. The van der Waals surface area contributed by atoms with Crippen LogP contribution in [0.3, 0.4) is 0 Å². The number of benzene rings is 2. The van der Waals surface area contributed by atoms with Gasteiger partial charge in [0.25, 0.3) is 10.0 Å². The number of hydrogen-bond acceptors (Lipinski definition) is 4. The number of allylic oxidation sites excluding steroid dienone is 2. The van der Waals surface area contributed by atoms with Crippen LogP contribution in [0, 0.1) is 18.9 Å². The lowest BCUT2D eigenvalue weighted by Crippen LogP contribution is -2.36. The van der Waals surface area contributed by atoms with E-state index in [-0.39, 0.29) is 11.5 Å². The van der Waals surface area contributed by atoms with Crippen LogP contribution < -0.4 is 4.31 Å². The highest BCUT2D eigenvalue weighted by Gasteiger charge is 2.26. The SMILES string of the molecule is CCOC(=O)N1C=CC(Cl)=CC1C#CN(c1ccccc1)S(=O)(=O)c1ccc(C)cc1. The quantitative estimate of drug-likeness (QED) is 0.497. The molecule has 0 saturated carbocycles. The van der Waals surface area contributed by atoms with Crippen molar-refractivity contribution in [1.29, 1.82) is 0 Å². The number of hydrogen-bond donors (Lipinski definition) is 0. The fourth-order valence-corrected chi connectivity index (χ4v) is 4.22. The van der Waals surface area contributed by atoms with Crippen LogP contribution in [0.15, 0.2) is 82.9 Å². The maximum Gasteiger partial charge on any atom is 0.415 e. The molecule has 0 aliphatic carbocycles. The molecule has 0 N–H and O–H groups in total. The lowest BCUT2D eigenvalue weighted by molar-refractivity contribution is 0.120. The van der Waals surface area contributed by atoms with Gasteiger partial charge in [-0.3, -0.25) is 4.90 Å². The van der Waals surface area contributed by atoms with E-state index in [1.807, 2.05) is 6.92 Å². The number of carbonyl (C=O) groups excluding carboxylic acids is 1. The van der Waals surface area contributed by atoms with Crippen molar-refractivity contribution in [2.24, 2.45) is 0 Å². The predicted octanol–water partition coefficient (Wildman–Crippen LogP) is 4.63. The molecular weight excluding hydrogens is 436 g/mol. The second-order valence-corrected chi connectivity index (χ2v) is 8.82. The summed E-state index contributed by atoms with van der Waals surface area (Å²) in [5.74, 6) is 2.84. The molecule has 1 atom stereocenters. The summed E-state index contributed by atoms with van der Waals surface area (Å²) >= 11 is 6.09. The molecule has 0 fully saturated rings. The van der Waals surface area contributed by atoms with Crippen molar-refractivity contribution >= 4 is 33.4 Å². The van der Waals surface area contributed by atoms with Crippen LogP contribution in [0.1, 0.15) is 12.5 Å². The Morgan fingerprint density at radius 1 is 1.16 bits per heavy atom. The van der Waals surface area contributed by atoms with Crippen molar-refractivity contribution in [3.63, 3.8) is 0 Å². The minimum atomic E-state index is -3.98. The number of ether oxygens (including phenoxy) is 1. The van der Waals surface area contributed by atoms with E-state index in [0.29, 0.717) is 10.7 Å². The van der Waals surface area contributed by atoms with Gasteiger partial charge in [-0.2, -0.15) is 4.31 Å². The summed E-state index contributed by atoms with van der Waals surface area (Å²) in [4.78, 5) is 13.6. The van der Waals surface area contributed by atoms with E-state index in [1.54, 1.807) is 55.5 Å². The Morgan fingerprint density at radius 3 is 2.48 bits per heavy atom. The normalized spacial score (nSPS) is 15.5. The Morgan fingerprint density at radius 2 is 1.84 bits per heavy atom. The topological polar surface area (TPSA) is 66.9 Å². The molecule has 1 aliphatic heterocycles. The van der Waals surface area contributed by atoms with E-state index in [9.17, 15) is 13.2 Å². The van der Waals surface area contributed by atoms with Crippen molar-refractivity contribution in [1.82, 2.24) is 4.90 Å². The minimum Gasteiger partial charge on any atom is -0.449 e. The number of amides is 1. The monoisotopic (exact) mass is 456 g/mol. The van der Waals surface area contributed by atoms with Crippen LogP contribution in [0.5, 0.6) is 0 Å². The fourth-order valence-electron chi connectivity index (χ4n) is 2.78. The van der Waals surface area contributed by atoms with Gasteiger partial charge in [-0.15, -0.1) is 0 Å². The smallest absolute Gasteiger partial charge is 0.415 e. The molecule has 2 aromatic carbocycles. The Labute approximate surface area is 187 Å². The maximum atomic E-state index is 13.4. The molecule has 6 nitrogen and oxygen atoms in total. The summed E-state index contributed by atoms with van der Waals surface area (Å²) in [7, 11) is -3.98. The molecule has 0 radical (unpaired) electrons. The number of para-hydroxylation sites is 1. The summed E-state index contributed by atoms with van der Waals surface area (Å²) in [5, 5.41) is 0.382. The Kier molecular flexibility index (Phi) is 7.06. The zero-order chi connectivity index (χ0) is 22.4. The van der Waals surface area contributed by atoms with E-state index < -0.39 is 22.2 Å². The number of sulfonamides is 1. The van der Waals surface area contributed by atoms with Gasteiger partial charge in [-0.1, -0.05) is 47.5 Å². The average molecular weight is 457 g/mol. The predicted molar refractivity (Wildman–Crippen MR) is 121 cm³/mol. The van der Waals surface area contributed by atoms with Crippen molar-refractivity contribution in [2.45, 2.75) is 24.8 Å². The second kappa shape index (κ2) is 9.73. The minimum absolute atomic E-state index is 0.107. The van der Waals surface area contributed by atoms with Crippen LogP contribution in [0.2, 0.25) is 0 Å². The first-order valence-electron chi connectivity index (χ1n) is 9.52. The van der Waals surface area contributed by atoms with Gasteiger partial charge in [0.1, 0.15) is 6.04 Å². The van der Waals surface area contributed by atoms with Gasteiger partial charge in [-0.05, 0) is 56.2 Å². The van der Waals surface area contributed by atoms with E-state index in [1.165, 1.54) is 29.3 Å². The summed E-state index contributed by atoms with van der Waals surface area (Å²) in [6.45, 7) is 3.76. The summed E-state index contributed by atoms with van der Waals surface area (Å²) in [6.07, 6.45) is 3.94. The summed E-state index contributed by atoms with van der Waals surface area (Å²) in [5.41, 5.74) is 1.31. The first-order chi connectivity index (χ1) is 14.8. The lowest BCUT2D eigenvalue weighted by Gasteiger charge is -2.25. The molecule has 0 bridgehead atoms. The van der Waals surface area contributed by atoms with E-state index in [0.717, 1.165) is 9.87 Å². The molecule has 31 heavy (non-hydrogen) atoms. The average Bonchev–Trinajstić information content (AvgIpc) is 2.75. The first-order valence-corrected chi connectivity index (χ1v) is 11.3. The molecule has 1 heterocycles. The van der Waals surface area contributed by atoms with Crippen molar-refractivity contribution in [2.75, 3.05) is 10.9 Å². The number of nitrogens with zero attached hydrogens (tertiary/aromatic N) is 2. The van der Waals surface area contributed by atoms with Crippen LogP contribution in [0.4, 0.5) is 10.5 Å². The van der Waals surface area contributed by atoms with Crippen LogP contribution in [-0.4, -0.2) is 32.1 Å². The van der Waals surface area contributed by atoms with Gasteiger partial charge in [0.15, 0.2) is 0 Å². The largest absolute Gasteiger partial charge is 0.449 e. The van der Waals surface area contributed by atoms with Gasteiger partial charge in [0, 0.05) is 17.3 Å². The second-order valence-electron chi connectivity index (χ2n) is 6.59. The van der Waals surface area contributed by atoms with Gasteiger partial charge in [-0.25, -0.2) is 13.2 Å². The van der Waals surface area contributed by atoms with Crippen LogP contribution in [0.25, 0.3) is 0 Å². The summed E-state index contributed by atoms with van der Waals surface area (Å²) in [6, 6.07) is 17.0.